The molecule has 0 spiro atoms. The summed E-state index contributed by atoms with van der Waals surface area (Å²) in [5.74, 6) is 0.934. The highest BCUT2D eigenvalue weighted by Crippen LogP contribution is 2.28. The maximum atomic E-state index is 9.90. The molecule has 2 unspecified atom stereocenters. The molecule has 1 rings (SSSR count). The average molecular weight is 236 g/mol. The van der Waals surface area contributed by atoms with Gasteiger partial charge < -0.3 is 15.7 Å². The molecule has 96 valence electrons. The molecular weight excluding hydrogens is 212 g/mol. The quantitative estimate of drug-likeness (QED) is 0.826. The highest BCUT2D eigenvalue weighted by molar-refractivity contribution is 5.53. The van der Waals surface area contributed by atoms with Crippen LogP contribution in [0, 0.1) is 5.92 Å². The van der Waals surface area contributed by atoms with Gasteiger partial charge in [0.15, 0.2) is 0 Å². The highest BCUT2D eigenvalue weighted by atomic mass is 16.3. The Bertz CT molecular complexity index is 363. The second-order valence-electron chi connectivity index (χ2n) is 4.93. The molecule has 0 heterocycles. The van der Waals surface area contributed by atoms with Crippen molar-refractivity contribution in [2.75, 3.05) is 18.5 Å². The third-order valence-electron chi connectivity index (χ3n) is 3.23. The topological polar surface area (TPSA) is 49.5 Å². The van der Waals surface area contributed by atoms with Gasteiger partial charge in [-0.25, -0.2) is 0 Å². The second-order valence-corrected chi connectivity index (χ2v) is 4.93. The summed E-state index contributed by atoms with van der Waals surface area (Å²) in [7, 11) is 2.05. The Labute approximate surface area is 104 Å². The van der Waals surface area contributed by atoms with Gasteiger partial charge in [-0.3, -0.25) is 0 Å². The smallest absolute Gasteiger partial charge is 0.122 e. The third kappa shape index (κ3) is 3.63. The summed E-state index contributed by atoms with van der Waals surface area (Å²) in [4.78, 5) is 2.17. The van der Waals surface area contributed by atoms with Crippen LogP contribution in [-0.2, 0) is 0 Å². The summed E-state index contributed by atoms with van der Waals surface area (Å²) in [6.07, 6.45) is 1.16. The third-order valence-corrected chi connectivity index (χ3v) is 3.23. The normalized spacial score (nSPS) is 14.4. The summed E-state index contributed by atoms with van der Waals surface area (Å²) in [6.45, 7) is 7.28. The van der Waals surface area contributed by atoms with Crippen LogP contribution >= 0.6 is 0 Å². The van der Waals surface area contributed by atoms with Gasteiger partial charge >= 0.3 is 0 Å². The Morgan fingerprint density at radius 2 is 2.00 bits per heavy atom. The van der Waals surface area contributed by atoms with E-state index in [1.165, 1.54) is 0 Å². The number of nitrogens with two attached hydrogens (primary N) is 1. The molecule has 1 aromatic rings. The van der Waals surface area contributed by atoms with Gasteiger partial charge in [0.2, 0.25) is 0 Å². The van der Waals surface area contributed by atoms with Crippen molar-refractivity contribution in [3.63, 3.8) is 0 Å². The average Bonchev–Trinajstić information content (AvgIpc) is 2.28. The summed E-state index contributed by atoms with van der Waals surface area (Å²) in [6, 6.07) is 5.58. The highest BCUT2D eigenvalue weighted by Gasteiger charge is 2.10. The first-order valence-electron chi connectivity index (χ1n) is 6.25. The number of hydrogen-bond acceptors (Lipinski definition) is 3. The lowest BCUT2D eigenvalue weighted by Gasteiger charge is -2.23. The molecule has 2 atom stereocenters. The molecule has 0 saturated carbocycles. The van der Waals surface area contributed by atoms with Crippen molar-refractivity contribution in [1.82, 2.24) is 0 Å². The first kappa shape index (κ1) is 13.8. The Hall–Kier alpha value is -1.22. The number of benzene rings is 1. The molecule has 0 aliphatic rings. The fourth-order valence-electron chi connectivity index (χ4n) is 1.86. The van der Waals surface area contributed by atoms with Crippen molar-refractivity contribution in [3.8, 4) is 5.75 Å². The van der Waals surface area contributed by atoms with Crippen LogP contribution in [0.2, 0.25) is 0 Å². The Kier molecular flexibility index (Phi) is 4.82. The zero-order valence-electron chi connectivity index (χ0n) is 11.3. The van der Waals surface area contributed by atoms with Crippen LogP contribution in [-0.4, -0.2) is 18.7 Å². The number of phenols is 1. The van der Waals surface area contributed by atoms with E-state index < -0.39 is 0 Å². The van der Waals surface area contributed by atoms with Crippen molar-refractivity contribution in [3.05, 3.63) is 23.8 Å². The minimum Gasteiger partial charge on any atom is -0.508 e. The molecule has 0 bridgehead atoms. The molecule has 3 nitrogen and oxygen atoms in total. The number of hydrogen-bond donors (Lipinski definition) is 2. The van der Waals surface area contributed by atoms with Crippen molar-refractivity contribution in [1.29, 1.82) is 0 Å². The fourth-order valence-corrected chi connectivity index (χ4v) is 1.86. The van der Waals surface area contributed by atoms with Crippen LogP contribution < -0.4 is 10.6 Å². The van der Waals surface area contributed by atoms with Crippen LogP contribution in [0.4, 0.5) is 5.69 Å². The van der Waals surface area contributed by atoms with Crippen molar-refractivity contribution in [2.24, 2.45) is 11.7 Å². The van der Waals surface area contributed by atoms with Crippen LogP contribution in [0.3, 0.4) is 0 Å². The van der Waals surface area contributed by atoms with Crippen LogP contribution in [0.15, 0.2) is 18.2 Å². The summed E-state index contributed by atoms with van der Waals surface area (Å²) in [5.41, 5.74) is 7.60. The SMILES string of the molecule is CCC(C)CN(C)c1ccc(C(C)N)c(O)c1. The van der Waals surface area contributed by atoms with E-state index in [1.54, 1.807) is 6.07 Å². The van der Waals surface area contributed by atoms with E-state index in [-0.39, 0.29) is 11.8 Å². The minimum atomic E-state index is -0.135. The molecule has 0 amide bonds. The molecule has 3 heteroatoms. The number of aromatic hydroxyl groups is 1. The van der Waals surface area contributed by atoms with Crippen molar-refractivity contribution in [2.45, 2.75) is 33.2 Å². The molecule has 3 N–H and O–H groups in total. The molecule has 17 heavy (non-hydrogen) atoms. The molecule has 0 fully saturated rings. The van der Waals surface area contributed by atoms with Gasteiger partial charge in [0.1, 0.15) is 5.75 Å². The summed E-state index contributed by atoms with van der Waals surface area (Å²) < 4.78 is 0. The van der Waals surface area contributed by atoms with Gasteiger partial charge in [-0.15, -0.1) is 0 Å². The number of nitrogens with zero attached hydrogens (tertiary/aromatic N) is 1. The largest absolute Gasteiger partial charge is 0.508 e. The van der Waals surface area contributed by atoms with E-state index >= 15 is 0 Å². The van der Waals surface area contributed by atoms with E-state index in [9.17, 15) is 5.11 Å². The lowest BCUT2D eigenvalue weighted by atomic mass is 10.1. The molecule has 0 saturated heterocycles. The van der Waals surface area contributed by atoms with Gasteiger partial charge in [-0.2, -0.15) is 0 Å². The number of phenolic OH excluding ortho intramolecular Hbond substituents is 1. The lowest BCUT2D eigenvalue weighted by Crippen LogP contribution is -2.23. The van der Waals surface area contributed by atoms with Crippen molar-refractivity contribution < 1.29 is 5.11 Å². The Balaban J connectivity index is 2.82. The first-order chi connectivity index (χ1) is 7.95. The van der Waals surface area contributed by atoms with E-state index in [1.807, 2.05) is 26.1 Å². The van der Waals surface area contributed by atoms with Gasteiger partial charge in [-0.05, 0) is 18.9 Å². The maximum absolute atomic E-state index is 9.90. The summed E-state index contributed by atoms with van der Waals surface area (Å²) >= 11 is 0. The van der Waals surface area contributed by atoms with E-state index in [2.05, 4.69) is 18.7 Å². The Morgan fingerprint density at radius 1 is 1.35 bits per heavy atom. The van der Waals surface area contributed by atoms with Crippen LogP contribution in [0.1, 0.15) is 38.8 Å². The van der Waals surface area contributed by atoms with E-state index in [4.69, 9.17) is 5.73 Å². The van der Waals surface area contributed by atoms with E-state index in [0.29, 0.717) is 5.92 Å². The van der Waals surface area contributed by atoms with Gasteiger partial charge in [-0.1, -0.05) is 26.3 Å². The van der Waals surface area contributed by atoms with Crippen LogP contribution in [0.25, 0.3) is 0 Å². The molecular formula is C14H24N2O. The predicted octanol–water partition coefficient (Wildman–Crippen LogP) is 2.89. The van der Waals surface area contributed by atoms with E-state index in [0.717, 1.165) is 24.2 Å². The number of anilines is 1. The minimum absolute atomic E-state index is 0.135. The fraction of sp³-hybridized carbons (Fsp3) is 0.571. The number of rotatable bonds is 5. The molecule has 0 aliphatic carbocycles. The molecule has 1 aromatic carbocycles. The van der Waals surface area contributed by atoms with Crippen molar-refractivity contribution >= 4 is 5.69 Å². The van der Waals surface area contributed by atoms with Gasteiger partial charge in [0, 0.05) is 37.0 Å². The van der Waals surface area contributed by atoms with Crippen LogP contribution in [0.5, 0.6) is 5.75 Å². The van der Waals surface area contributed by atoms with Gasteiger partial charge in [0.05, 0.1) is 0 Å². The molecule has 0 aromatic heterocycles. The molecule has 0 radical (unpaired) electrons. The summed E-state index contributed by atoms with van der Waals surface area (Å²) in [5, 5.41) is 9.90. The first-order valence-corrected chi connectivity index (χ1v) is 6.25. The standard InChI is InChI=1S/C14H24N2O/c1-5-10(2)9-16(4)12-6-7-13(11(3)15)14(17)8-12/h6-8,10-11,17H,5,9,15H2,1-4H3. The second kappa shape index (κ2) is 5.92. The van der Waals surface area contributed by atoms with Gasteiger partial charge in [0.25, 0.3) is 0 Å². The zero-order valence-corrected chi connectivity index (χ0v) is 11.3. The monoisotopic (exact) mass is 236 g/mol. The predicted molar refractivity (Wildman–Crippen MR) is 73.4 cm³/mol. The maximum Gasteiger partial charge on any atom is 0.122 e. The zero-order chi connectivity index (χ0) is 13.0. The Morgan fingerprint density at radius 3 is 2.47 bits per heavy atom. The molecule has 0 aliphatic heterocycles. The lowest BCUT2D eigenvalue weighted by molar-refractivity contribution is 0.463.